The molecule has 2 rings (SSSR count). The van der Waals surface area contributed by atoms with Crippen molar-refractivity contribution in [3.63, 3.8) is 0 Å². The fourth-order valence-electron chi connectivity index (χ4n) is 2.95. The summed E-state index contributed by atoms with van der Waals surface area (Å²) < 4.78 is 0. The van der Waals surface area contributed by atoms with Crippen LogP contribution in [0.1, 0.15) is 31.4 Å². The predicted molar refractivity (Wildman–Crippen MR) is 87.2 cm³/mol. The fourth-order valence-corrected chi connectivity index (χ4v) is 2.95. The Morgan fingerprint density at radius 3 is 2.55 bits per heavy atom. The van der Waals surface area contributed by atoms with E-state index in [1.54, 1.807) is 9.80 Å². The number of carbonyl (C=O) groups is 2. The van der Waals surface area contributed by atoms with Gasteiger partial charge in [0.05, 0.1) is 5.92 Å². The lowest BCUT2D eigenvalue weighted by Gasteiger charge is -2.23. The Morgan fingerprint density at radius 1 is 1.32 bits per heavy atom. The summed E-state index contributed by atoms with van der Waals surface area (Å²) >= 11 is 0. The van der Waals surface area contributed by atoms with Crippen molar-refractivity contribution in [1.29, 1.82) is 0 Å². The number of hydrogen-bond acceptors (Lipinski definition) is 2. The summed E-state index contributed by atoms with van der Waals surface area (Å²) in [5.74, 6) is 0.418. The van der Waals surface area contributed by atoms with Gasteiger partial charge in [-0.25, -0.2) is 0 Å². The highest BCUT2D eigenvalue weighted by atomic mass is 16.2. The second-order valence-electron chi connectivity index (χ2n) is 6.77. The Hall–Kier alpha value is -1.84. The van der Waals surface area contributed by atoms with Crippen LogP contribution in [0.25, 0.3) is 0 Å². The molecule has 0 spiro atoms. The average molecular weight is 302 g/mol. The molecule has 0 N–H and O–H groups in total. The zero-order chi connectivity index (χ0) is 16.3. The van der Waals surface area contributed by atoms with Crippen molar-refractivity contribution in [1.82, 2.24) is 9.80 Å². The maximum Gasteiger partial charge on any atom is 0.227 e. The molecule has 0 radical (unpaired) electrons. The number of nitrogens with zero attached hydrogens (tertiary/aromatic N) is 2. The van der Waals surface area contributed by atoms with Crippen LogP contribution in [0, 0.1) is 18.8 Å². The van der Waals surface area contributed by atoms with Crippen molar-refractivity contribution < 1.29 is 9.59 Å². The zero-order valence-electron chi connectivity index (χ0n) is 14.0. The number of likely N-dealkylation sites (tertiary alicyclic amines) is 1. The number of amides is 2. The first-order chi connectivity index (χ1) is 10.4. The van der Waals surface area contributed by atoms with Gasteiger partial charge in [0.25, 0.3) is 0 Å². The van der Waals surface area contributed by atoms with E-state index >= 15 is 0 Å². The van der Waals surface area contributed by atoms with Gasteiger partial charge in [0, 0.05) is 33.1 Å². The molecule has 2 amide bonds. The highest BCUT2D eigenvalue weighted by molar-refractivity contribution is 5.89. The van der Waals surface area contributed by atoms with E-state index in [0.29, 0.717) is 25.4 Å². The first kappa shape index (κ1) is 16.5. The number of carbonyl (C=O) groups excluding carboxylic acids is 2. The van der Waals surface area contributed by atoms with Crippen LogP contribution in [-0.4, -0.2) is 41.8 Å². The Kier molecular flexibility index (Phi) is 5.22. The van der Waals surface area contributed by atoms with Gasteiger partial charge in [0.2, 0.25) is 11.8 Å². The predicted octanol–water partition coefficient (Wildman–Crippen LogP) is 2.46. The Morgan fingerprint density at radius 2 is 1.95 bits per heavy atom. The van der Waals surface area contributed by atoms with Crippen molar-refractivity contribution in [2.75, 3.05) is 20.1 Å². The van der Waals surface area contributed by atoms with Crippen molar-refractivity contribution >= 4 is 11.8 Å². The minimum atomic E-state index is -0.193. The number of hydrogen-bond donors (Lipinski definition) is 0. The molecule has 0 aliphatic carbocycles. The van der Waals surface area contributed by atoms with Gasteiger partial charge >= 0.3 is 0 Å². The van der Waals surface area contributed by atoms with E-state index < -0.39 is 0 Å². The second-order valence-corrected chi connectivity index (χ2v) is 6.77. The molecule has 0 saturated carbocycles. The molecular formula is C18H26N2O2. The van der Waals surface area contributed by atoms with Gasteiger partial charge in [0.1, 0.15) is 0 Å². The summed E-state index contributed by atoms with van der Waals surface area (Å²) in [4.78, 5) is 28.1. The fraction of sp³-hybridized carbons (Fsp3) is 0.556. The summed E-state index contributed by atoms with van der Waals surface area (Å²) in [5, 5.41) is 0. The molecule has 1 aromatic carbocycles. The third-order valence-corrected chi connectivity index (χ3v) is 4.07. The normalized spacial score (nSPS) is 18.1. The summed E-state index contributed by atoms with van der Waals surface area (Å²) in [5.41, 5.74) is 2.32. The van der Waals surface area contributed by atoms with Crippen molar-refractivity contribution in [3.8, 4) is 0 Å². The van der Waals surface area contributed by atoms with Gasteiger partial charge in [-0.15, -0.1) is 0 Å². The number of rotatable bonds is 5. The van der Waals surface area contributed by atoms with Gasteiger partial charge in [-0.3, -0.25) is 9.59 Å². The lowest BCUT2D eigenvalue weighted by Crippen LogP contribution is -2.36. The topological polar surface area (TPSA) is 40.6 Å². The second kappa shape index (κ2) is 6.95. The zero-order valence-corrected chi connectivity index (χ0v) is 14.0. The monoisotopic (exact) mass is 302 g/mol. The summed E-state index contributed by atoms with van der Waals surface area (Å²) in [6, 6.07) is 8.19. The van der Waals surface area contributed by atoms with E-state index in [4.69, 9.17) is 0 Å². The van der Waals surface area contributed by atoms with Crippen LogP contribution >= 0.6 is 0 Å². The van der Waals surface area contributed by atoms with Crippen LogP contribution in [0.4, 0.5) is 0 Å². The van der Waals surface area contributed by atoms with E-state index in [0.717, 1.165) is 12.1 Å². The lowest BCUT2D eigenvalue weighted by molar-refractivity contribution is -0.135. The highest BCUT2D eigenvalue weighted by Crippen LogP contribution is 2.22. The third-order valence-electron chi connectivity index (χ3n) is 4.07. The molecule has 22 heavy (non-hydrogen) atoms. The molecule has 1 saturated heterocycles. The summed E-state index contributed by atoms with van der Waals surface area (Å²) in [6.45, 7) is 8.09. The molecule has 1 aliphatic heterocycles. The van der Waals surface area contributed by atoms with Gasteiger partial charge in [0.15, 0.2) is 0 Å². The largest absolute Gasteiger partial charge is 0.345 e. The summed E-state index contributed by atoms with van der Waals surface area (Å²) in [6.07, 6.45) is 0.340. The van der Waals surface area contributed by atoms with Crippen LogP contribution < -0.4 is 0 Å². The SMILES string of the molecule is Cc1ccc(CN2CC(C(=O)N(C)CC(C)C)CC2=O)cc1. The van der Waals surface area contributed by atoms with Crippen molar-refractivity contribution in [3.05, 3.63) is 35.4 Å². The standard InChI is InChI=1S/C18H26N2O2/c1-13(2)10-19(4)18(22)16-9-17(21)20(12-16)11-15-7-5-14(3)6-8-15/h5-8,13,16H,9-12H2,1-4H3. The molecule has 1 heterocycles. The highest BCUT2D eigenvalue weighted by Gasteiger charge is 2.35. The van der Waals surface area contributed by atoms with Gasteiger partial charge < -0.3 is 9.80 Å². The van der Waals surface area contributed by atoms with Gasteiger partial charge in [-0.05, 0) is 18.4 Å². The molecule has 1 aromatic rings. The maximum absolute atomic E-state index is 12.4. The minimum absolute atomic E-state index is 0.0804. The molecule has 1 aliphatic rings. The van der Waals surface area contributed by atoms with Crippen LogP contribution in [-0.2, 0) is 16.1 Å². The maximum atomic E-state index is 12.4. The number of benzene rings is 1. The quantitative estimate of drug-likeness (QED) is 0.838. The Balaban J connectivity index is 1.95. The Bertz CT molecular complexity index is 537. The number of aryl methyl sites for hydroxylation is 1. The molecule has 1 fully saturated rings. The van der Waals surface area contributed by atoms with E-state index in [9.17, 15) is 9.59 Å². The van der Waals surface area contributed by atoms with E-state index in [-0.39, 0.29) is 17.7 Å². The first-order valence-electron chi connectivity index (χ1n) is 7.95. The molecule has 1 unspecified atom stereocenters. The lowest BCUT2D eigenvalue weighted by atomic mass is 10.1. The van der Waals surface area contributed by atoms with E-state index in [1.165, 1.54) is 5.56 Å². The minimum Gasteiger partial charge on any atom is -0.345 e. The van der Waals surface area contributed by atoms with Crippen molar-refractivity contribution in [2.45, 2.75) is 33.7 Å². The van der Waals surface area contributed by atoms with E-state index in [2.05, 4.69) is 26.0 Å². The molecule has 0 bridgehead atoms. The van der Waals surface area contributed by atoms with Gasteiger partial charge in [-0.1, -0.05) is 43.7 Å². The van der Waals surface area contributed by atoms with Crippen LogP contribution in [0.2, 0.25) is 0 Å². The molecular weight excluding hydrogens is 276 g/mol. The molecule has 120 valence electrons. The van der Waals surface area contributed by atoms with Crippen LogP contribution in [0.15, 0.2) is 24.3 Å². The van der Waals surface area contributed by atoms with Crippen LogP contribution in [0.3, 0.4) is 0 Å². The third kappa shape index (κ3) is 4.09. The summed E-state index contributed by atoms with van der Waals surface area (Å²) in [7, 11) is 1.83. The van der Waals surface area contributed by atoms with Crippen LogP contribution in [0.5, 0.6) is 0 Å². The first-order valence-corrected chi connectivity index (χ1v) is 7.95. The average Bonchev–Trinajstić information content (AvgIpc) is 2.81. The molecule has 4 heteroatoms. The molecule has 4 nitrogen and oxygen atoms in total. The van der Waals surface area contributed by atoms with E-state index in [1.807, 2.05) is 26.1 Å². The van der Waals surface area contributed by atoms with Crippen molar-refractivity contribution in [2.24, 2.45) is 11.8 Å². The molecule has 0 aromatic heterocycles. The smallest absolute Gasteiger partial charge is 0.227 e. The molecule has 1 atom stereocenters. The Labute approximate surface area is 133 Å². The van der Waals surface area contributed by atoms with Gasteiger partial charge in [-0.2, -0.15) is 0 Å².